The van der Waals surface area contributed by atoms with E-state index in [1.54, 1.807) is 17.5 Å². The molecular weight excluding hydrogens is 304 g/mol. The van der Waals surface area contributed by atoms with Crippen molar-refractivity contribution in [1.82, 2.24) is 9.97 Å². The minimum absolute atomic E-state index is 0.892. The summed E-state index contributed by atoms with van der Waals surface area (Å²) < 4.78 is 2.19. The maximum atomic E-state index is 4.16. The minimum atomic E-state index is 0.892. The van der Waals surface area contributed by atoms with Crippen LogP contribution < -0.4 is 0 Å². The molecule has 0 aromatic carbocycles. The topological polar surface area (TPSA) is 28.7 Å². The Hall–Kier alpha value is -0.130. The molecular formula is C7H4Br2N2S. The zero-order chi connectivity index (χ0) is 8.55. The van der Waals surface area contributed by atoms with Gasteiger partial charge in [0.25, 0.3) is 0 Å². The number of hydrogen-bond donors (Lipinski definition) is 1. The molecule has 0 saturated heterocycles. The maximum absolute atomic E-state index is 4.16. The Morgan fingerprint density at radius 1 is 1.42 bits per heavy atom. The van der Waals surface area contributed by atoms with Gasteiger partial charge in [-0.25, -0.2) is 4.98 Å². The molecule has 2 aromatic heterocycles. The molecule has 0 saturated carbocycles. The van der Waals surface area contributed by atoms with Crippen LogP contribution in [0.3, 0.4) is 0 Å². The van der Waals surface area contributed by atoms with Crippen molar-refractivity contribution in [2.45, 2.75) is 0 Å². The average molecular weight is 308 g/mol. The van der Waals surface area contributed by atoms with Crippen LogP contribution in [0.1, 0.15) is 0 Å². The standard InChI is InChI=1S/C7H4Br2N2S/c8-5-3-4(6(9)12-5)7-10-1-2-11-7/h1-3H,(H,10,11). The summed E-state index contributed by atoms with van der Waals surface area (Å²) >= 11 is 8.52. The second-order valence-electron chi connectivity index (χ2n) is 2.18. The van der Waals surface area contributed by atoms with Gasteiger partial charge in [0.05, 0.1) is 7.57 Å². The fourth-order valence-corrected chi connectivity index (χ4v) is 3.72. The molecule has 0 bridgehead atoms. The molecule has 5 heteroatoms. The highest BCUT2D eigenvalue weighted by molar-refractivity contribution is 9.12. The maximum Gasteiger partial charge on any atom is 0.139 e. The lowest BCUT2D eigenvalue weighted by Crippen LogP contribution is -1.75. The molecule has 0 aliphatic carbocycles. The van der Waals surface area contributed by atoms with Crippen molar-refractivity contribution in [3.8, 4) is 11.4 Å². The summed E-state index contributed by atoms with van der Waals surface area (Å²) in [7, 11) is 0. The van der Waals surface area contributed by atoms with Crippen LogP contribution in [0.2, 0.25) is 0 Å². The minimum Gasteiger partial charge on any atom is -0.345 e. The van der Waals surface area contributed by atoms with Gasteiger partial charge in [-0.05, 0) is 37.9 Å². The van der Waals surface area contributed by atoms with E-state index in [1.807, 2.05) is 12.3 Å². The number of imidazole rings is 1. The number of aromatic nitrogens is 2. The van der Waals surface area contributed by atoms with Gasteiger partial charge in [0, 0.05) is 18.0 Å². The van der Waals surface area contributed by atoms with Gasteiger partial charge in [-0.15, -0.1) is 11.3 Å². The zero-order valence-electron chi connectivity index (χ0n) is 5.84. The normalized spacial score (nSPS) is 10.5. The lowest BCUT2D eigenvalue weighted by atomic mass is 10.3. The van der Waals surface area contributed by atoms with E-state index in [9.17, 15) is 0 Å². The number of thiophene rings is 1. The van der Waals surface area contributed by atoms with Crippen molar-refractivity contribution < 1.29 is 0 Å². The van der Waals surface area contributed by atoms with Crippen molar-refractivity contribution in [1.29, 1.82) is 0 Å². The van der Waals surface area contributed by atoms with E-state index in [-0.39, 0.29) is 0 Å². The van der Waals surface area contributed by atoms with Gasteiger partial charge in [0.1, 0.15) is 5.82 Å². The number of halogens is 2. The van der Waals surface area contributed by atoms with Crippen molar-refractivity contribution in [3.63, 3.8) is 0 Å². The number of nitrogens with one attached hydrogen (secondary N) is 1. The van der Waals surface area contributed by atoms with Gasteiger partial charge < -0.3 is 4.98 Å². The Labute approximate surface area is 90.3 Å². The Morgan fingerprint density at radius 2 is 2.25 bits per heavy atom. The largest absolute Gasteiger partial charge is 0.345 e. The van der Waals surface area contributed by atoms with Gasteiger partial charge in [-0.1, -0.05) is 0 Å². The predicted octanol–water partition coefficient (Wildman–Crippen LogP) is 3.66. The van der Waals surface area contributed by atoms with Crippen LogP contribution in [-0.4, -0.2) is 9.97 Å². The van der Waals surface area contributed by atoms with Crippen LogP contribution in [-0.2, 0) is 0 Å². The number of rotatable bonds is 1. The average Bonchev–Trinajstić information content (AvgIpc) is 2.58. The van der Waals surface area contributed by atoms with Crippen molar-refractivity contribution in [2.24, 2.45) is 0 Å². The van der Waals surface area contributed by atoms with Crippen LogP contribution in [0.25, 0.3) is 11.4 Å². The second kappa shape index (κ2) is 3.32. The number of aromatic amines is 1. The summed E-state index contributed by atoms with van der Waals surface area (Å²) in [5, 5.41) is 0. The quantitative estimate of drug-likeness (QED) is 0.855. The fraction of sp³-hybridized carbons (Fsp3) is 0. The van der Waals surface area contributed by atoms with Gasteiger partial charge in [-0.3, -0.25) is 0 Å². The smallest absolute Gasteiger partial charge is 0.139 e. The molecule has 0 fully saturated rings. The molecule has 0 spiro atoms. The van der Waals surface area contributed by atoms with Gasteiger partial charge in [0.15, 0.2) is 0 Å². The van der Waals surface area contributed by atoms with E-state index in [1.165, 1.54) is 0 Å². The molecule has 1 N–H and O–H groups in total. The van der Waals surface area contributed by atoms with E-state index in [0.29, 0.717) is 0 Å². The lowest BCUT2D eigenvalue weighted by Gasteiger charge is -1.89. The third-order valence-corrected chi connectivity index (χ3v) is 3.75. The summed E-state index contributed by atoms with van der Waals surface area (Å²) in [4.78, 5) is 7.21. The first-order valence-corrected chi connectivity index (χ1v) is 5.62. The highest BCUT2D eigenvalue weighted by Crippen LogP contribution is 2.36. The lowest BCUT2D eigenvalue weighted by molar-refractivity contribution is 1.31. The van der Waals surface area contributed by atoms with E-state index >= 15 is 0 Å². The first kappa shape index (κ1) is 8.47. The fourth-order valence-electron chi connectivity index (χ4n) is 0.914. The molecule has 0 aliphatic rings. The van der Waals surface area contributed by atoms with Crippen LogP contribution in [0.15, 0.2) is 26.0 Å². The van der Waals surface area contributed by atoms with Crippen LogP contribution in [0.4, 0.5) is 0 Å². The Kier molecular flexibility index (Phi) is 2.34. The molecule has 0 unspecified atom stereocenters. The predicted molar refractivity (Wildman–Crippen MR) is 57.3 cm³/mol. The third kappa shape index (κ3) is 1.48. The Balaban J connectivity index is 2.54. The molecule has 12 heavy (non-hydrogen) atoms. The second-order valence-corrected chi connectivity index (χ2v) is 5.93. The first-order chi connectivity index (χ1) is 5.77. The molecule has 62 valence electrons. The Bertz CT molecular complexity index is 380. The molecule has 2 heterocycles. The number of hydrogen-bond acceptors (Lipinski definition) is 2. The van der Waals surface area contributed by atoms with E-state index in [2.05, 4.69) is 41.8 Å². The van der Waals surface area contributed by atoms with E-state index in [4.69, 9.17) is 0 Å². The monoisotopic (exact) mass is 306 g/mol. The van der Waals surface area contributed by atoms with Crippen molar-refractivity contribution in [2.75, 3.05) is 0 Å². The van der Waals surface area contributed by atoms with E-state index in [0.717, 1.165) is 19.0 Å². The van der Waals surface area contributed by atoms with Crippen LogP contribution in [0, 0.1) is 0 Å². The SMILES string of the molecule is Brc1cc(-c2ncc[nH]2)c(Br)s1. The summed E-state index contributed by atoms with van der Waals surface area (Å²) in [6, 6.07) is 2.04. The van der Waals surface area contributed by atoms with Gasteiger partial charge >= 0.3 is 0 Å². The summed E-state index contributed by atoms with van der Waals surface area (Å²) in [6.07, 6.45) is 3.56. The molecule has 0 atom stereocenters. The zero-order valence-corrected chi connectivity index (χ0v) is 9.83. The number of H-pyrrole nitrogens is 1. The van der Waals surface area contributed by atoms with Crippen molar-refractivity contribution >= 4 is 43.2 Å². The first-order valence-electron chi connectivity index (χ1n) is 3.22. The summed E-state index contributed by atoms with van der Waals surface area (Å²) in [5.74, 6) is 0.892. The summed E-state index contributed by atoms with van der Waals surface area (Å²) in [5.41, 5.74) is 1.09. The molecule has 2 rings (SSSR count). The number of nitrogens with zero attached hydrogens (tertiary/aromatic N) is 1. The molecule has 0 amide bonds. The highest BCUT2D eigenvalue weighted by Gasteiger charge is 2.08. The molecule has 2 nitrogen and oxygen atoms in total. The highest BCUT2D eigenvalue weighted by atomic mass is 79.9. The molecule has 2 aromatic rings. The third-order valence-electron chi connectivity index (χ3n) is 1.41. The molecule has 0 radical (unpaired) electrons. The van der Waals surface area contributed by atoms with Crippen LogP contribution >= 0.6 is 43.2 Å². The van der Waals surface area contributed by atoms with Crippen LogP contribution in [0.5, 0.6) is 0 Å². The Morgan fingerprint density at radius 3 is 2.75 bits per heavy atom. The van der Waals surface area contributed by atoms with Gasteiger partial charge in [0.2, 0.25) is 0 Å². The van der Waals surface area contributed by atoms with Crippen molar-refractivity contribution in [3.05, 3.63) is 26.0 Å². The van der Waals surface area contributed by atoms with Gasteiger partial charge in [-0.2, -0.15) is 0 Å². The van der Waals surface area contributed by atoms with E-state index < -0.39 is 0 Å². The molecule has 0 aliphatic heterocycles. The summed E-state index contributed by atoms with van der Waals surface area (Å²) in [6.45, 7) is 0.